The fourth-order valence-electron chi connectivity index (χ4n) is 3.00. The summed E-state index contributed by atoms with van der Waals surface area (Å²) in [5, 5.41) is 14.2. The van der Waals surface area contributed by atoms with E-state index in [1.165, 1.54) is 23.1 Å². The van der Waals surface area contributed by atoms with Crippen LogP contribution >= 0.6 is 0 Å². The Bertz CT molecular complexity index is 580. The summed E-state index contributed by atoms with van der Waals surface area (Å²) in [6.45, 7) is 5.23. The summed E-state index contributed by atoms with van der Waals surface area (Å²) in [6, 6.07) is 6.34. The highest BCUT2D eigenvalue weighted by atomic mass is 16.4. The van der Waals surface area contributed by atoms with Crippen LogP contribution in [0, 0.1) is 13.8 Å². The Kier molecular flexibility index (Phi) is 5.64. The molecule has 23 heavy (non-hydrogen) atoms. The first-order valence-electron chi connectivity index (χ1n) is 8.24. The molecule has 2 amide bonds. The molecule has 3 N–H and O–H groups in total. The molecular formula is C18H26N2O3. The number of carboxylic acid groups (broad SMARTS) is 1. The van der Waals surface area contributed by atoms with Gasteiger partial charge in [-0.2, -0.15) is 0 Å². The molecule has 1 saturated carbocycles. The van der Waals surface area contributed by atoms with Crippen molar-refractivity contribution in [1.29, 1.82) is 0 Å². The van der Waals surface area contributed by atoms with Crippen LogP contribution in [0.4, 0.5) is 4.79 Å². The zero-order chi connectivity index (χ0) is 16.9. The van der Waals surface area contributed by atoms with E-state index >= 15 is 0 Å². The maximum absolute atomic E-state index is 11.9. The average molecular weight is 318 g/mol. The molecule has 0 heterocycles. The van der Waals surface area contributed by atoms with Crippen LogP contribution in [0.5, 0.6) is 0 Å². The van der Waals surface area contributed by atoms with Crippen LogP contribution in [0.2, 0.25) is 0 Å². The first kappa shape index (κ1) is 17.3. The molecule has 0 spiro atoms. The maximum atomic E-state index is 11.9. The summed E-state index contributed by atoms with van der Waals surface area (Å²) >= 11 is 0. The van der Waals surface area contributed by atoms with Gasteiger partial charge in [0.05, 0.1) is 0 Å². The maximum Gasteiger partial charge on any atom is 0.314 e. The largest absolute Gasteiger partial charge is 0.481 e. The fourth-order valence-corrected chi connectivity index (χ4v) is 3.00. The lowest BCUT2D eigenvalue weighted by Crippen LogP contribution is -2.48. The summed E-state index contributed by atoms with van der Waals surface area (Å²) in [4.78, 5) is 22.3. The SMILES string of the molecule is Cc1ccc(C2(CNC(=O)NCCCC(=O)O)CCC2)cc1C. The van der Waals surface area contributed by atoms with Gasteiger partial charge in [0.15, 0.2) is 0 Å². The minimum absolute atomic E-state index is 0.0524. The van der Waals surface area contributed by atoms with Crippen LogP contribution in [-0.2, 0) is 10.2 Å². The van der Waals surface area contributed by atoms with Gasteiger partial charge in [-0.3, -0.25) is 4.79 Å². The summed E-state index contributed by atoms with van der Waals surface area (Å²) in [7, 11) is 0. The highest BCUT2D eigenvalue weighted by Gasteiger charge is 2.38. The molecule has 0 aromatic heterocycles. The van der Waals surface area contributed by atoms with E-state index in [1.54, 1.807) is 0 Å². The second kappa shape index (κ2) is 7.49. The van der Waals surface area contributed by atoms with Crippen molar-refractivity contribution in [3.05, 3.63) is 34.9 Å². The molecule has 1 fully saturated rings. The molecule has 1 aliphatic rings. The van der Waals surface area contributed by atoms with E-state index in [1.807, 2.05) is 0 Å². The topological polar surface area (TPSA) is 78.4 Å². The highest BCUT2D eigenvalue weighted by molar-refractivity contribution is 5.74. The third-order valence-electron chi connectivity index (χ3n) is 4.87. The molecule has 0 atom stereocenters. The third-order valence-corrected chi connectivity index (χ3v) is 4.87. The van der Waals surface area contributed by atoms with E-state index in [9.17, 15) is 9.59 Å². The predicted molar refractivity (Wildman–Crippen MR) is 89.7 cm³/mol. The number of aryl methyl sites for hydroxylation is 2. The van der Waals surface area contributed by atoms with E-state index in [-0.39, 0.29) is 17.9 Å². The van der Waals surface area contributed by atoms with Gasteiger partial charge in [0, 0.05) is 24.9 Å². The van der Waals surface area contributed by atoms with Crippen molar-refractivity contribution in [1.82, 2.24) is 10.6 Å². The zero-order valence-corrected chi connectivity index (χ0v) is 13.9. The van der Waals surface area contributed by atoms with Crippen molar-refractivity contribution in [2.24, 2.45) is 0 Å². The van der Waals surface area contributed by atoms with Crippen LogP contribution in [0.3, 0.4) is 0 Å². The summed E-state index contributed by atoms with van der Waals surface area (Å²) in [5.41, 5.74) is 3.92. The Morgan fingerprint density at radius 2 is 1.91 bits per heavy atom. The zero-order valence-electron chi connectivity index (χ0n) is 13.9. The third kappa shape index (κ3) is 4.47. The van der Waals surface area contributed by atoms with Crippen molar-refractivity contribution < 1.29 is 14.7 Å². The normalized spacial score (nSPS) is 15.6. The number of benzene rings is 1. The van der Waals surface area contributed by atoms with Gasteiger partial charge in [-0.05, 0) is 49.8 Å². The number of rotatable bonds is 7. The number of nitrogens with one attached hydrogen (secondary N) is 2. The smallest absolute Gasteiger partial charge is 0.314 e. The lowest BCUT2D eigenvalue weighted by Gasteiger charge is -2.43. The Hall–Kier alpha value is -2.04. The van der Waals surface area contributed by atoms with Crippen molar-refractivity contribution >= 4 is 12.0 Å². The molecule has 0 aliphatic heterocycles. The summed E-state index contributed by atoms with van der Waals surface area (Å²) in [5.74, 6) is -0.838. The number of carbonyl (C=O) groups is 2. The summed E-state index contributed by atoms with van der Waals surface area (Å²) < 4.78 is 0. The van der Waals surface area contributed by atoms with Crippen molar-refractivity contribution in [2.75, 3.05) is 13.1 Å². The van der Waals surface area contributed by atoms with Gasteiger partial charge in [0.2, 0.25) is 0 Å². The first-order chi connectivity index (χ1) is 10.9. The second-order valence-corrected chi connectivity index (χ2v) is 6.54. The molecule has 1 aromatic rings. The van der Waals surface area contributed by atoms with Crippen LogP contribution < -0.4 is 10.6 Å². The Labute approximate surface area is 137 Å². The van der Waals surface area contributed by atoms with E-state index in [2.05, 4.69) is 42.7 Å². The second-order valence-electron chi connectivity index (χ2n) is 6.54. The molecule has 5 heteroatoms. The van der Waals surface area contributed by atoms with Gasteiger partial charge in [-0.25, -0.2) is 4.79 Å². The molecule has 2 rings (SSSR count). The number of hydrogen-bond donors (Lipinski definition) is 3. The predicted octanol–water partition coefficient (Wildman–Crippen LogP) is 2.89. The molecule has 0 bridgehead atoms. The Balaban J connectivity index is 1.85. The quantitative estimate of drug-likeness (QED) is 0.676. The van der Waals surface area contributed by atoms with Crippen LogP contribution in [0.15, 0.2) is 18.2 Å². The van der Waals surface area contributed by atoms with Crippen molar-refractivity contribution in [3.8, 4) is 0 Å². The lowest BCUT2D eigenvalue weighted by atomic mass is 9.64. The first-order valence-corrected chi connectivity index (χ1v) is 8.24. The molecule has 1 aliphatic carbocycles. The molecule has 5 nitrogen and oxygen atoms in total. The number of aliphatic carboxylic acids is 1. The number of hydrogen-bond acceptors (Lipinski definition) is 2. The minimum atomic E-state index is -0.838. The number of amides is 2. The molecule has 126 valence electrons. The Morgan fingerprint density at radius 1 is 1.17 bits per heavy atom. The molecule has 1 aromatic carbocycles. The van der Waals surface area contributed by atoms with Crippen LogP contribution in [0.1, 0.15) is 48.8 Å². The van der Waals surface area contributed by atoms with E-state index in [0.717, 1.165) is 12.8 Å². The molecule has 0 unspecified atom stereocenters. The number of urea groups is 1. The van der Waals surface area contributed by atoms with Gasteiger partial charge in [0.25, 0.3) is 0 Å². The van der Waals surface area contributed by atoms with Crippen LogP contribution in [0.25, 0.3) is 0 Å². The summed E-state index contributed by atoms with van der Waals surface area (Å²) in [6.07, 6.45) is 3.90. The Morgan fingerprint density at radius 3 is 2.48 bits per heavy atom. The minimum Gasteiger partial charge on any atom is -0.481 e. The number of carbonyl (C=O) groups excluding carboxylic acids is 1. The lowest BCUT2D eigenvalue weighted by molar-refractivity contribution is -0.137. The monoisotopic (exact) mass is 318 g/mol. The molecular weight excluding hydrogens is 292 g/mol. The van der Waals surface area contributed by atoms with Crippen molar-refractivity contribution in [3.63, 3.8) is 0 Å². The van der Waals surface area contributed by atoms with Crippen molar-refractivity contribution in [2.45, 2.75) is 51.4 Å². The van der Waals surface area contributed by atoms with Gasteiger partial charge in [-0.1, -0.05) is 24.6 Å². The van der Waals surface area contributed by atoms with E-state index in [0.29, 0.717) is 19.5 Å². The average Bonchev–Trinajstić information content (AvgIpc) is 2.46. The van der Waals surface area contributed by atoms with Gasteiger partial charge in [-0.15, -0.1) is 0 Å². The fraction of sp³-hybridized carbons (Fsp3) is 0.556. The highest BCUT2D eigenvalue weighted by Crippen LogP contribution is 2.43. The van der Waals surface area contributed by atoms with Gasteiger partial charge < -0.3 is 15.7 Å². The van der Waals surface area contributed by atoms with E-state index < -0.39 is 5.97 Å². The standard InChI is InChI=1S/C18H26N2O3/c1-13-6-7-15(11-14(13)2)18(8-4-9-18)12-20-17(23)19-10-3-5-16(21)22/h6-7,11H,3-5,8-10,12H2,1-2H3,(H,21,22)(H2,19,20,23). The molecule has 0 radical (unpaired) electrons. The number of carboxylic acids is 1. The van der Waals surface area contributed by atoms with Gasteiger partial charge in [0.1, 0.15) is 0 Å². The molecule has 0 saturated heterocycles. The van der Waals surface area contributed by atoms with Crippen LogP contribution in [-0.4, -0.2) is 30.2 Å². The van der Waals surface area contributed by atoms with E-state index in [4.69, 9.17) is 5.11 Å². The van der Waals surface area contributed by atoms with Gasteiger partial charge >= 0.3 is 12.0 Å².